The van der Waals surface area contributed by atoms with Gasteiger partial charge < -0.3 is 15.5 Å². The van der Waals surface area contributed by atoms with Crippen molar-refractivity contribution in [3.8, 4) is 0 Å². The summed E-state index contributed by atoms with van der Waals surface area (Å²) in [5, 5.41) is 6.19. The molecule has 0 radical (unpaired) electrons. The molecule has 150 valence electrons. The monoisotopic (exact) mass is 392 g/mol. The standard InChI is InChI=1S/C21H33N3O2S/c1-14-9-8-11-17(15(14)2)23-21(26)16(3)24(4)13-20(25)22-18-10-6-7-12-19(18)27-5/h6-7,10,12,14-17H,8-9,11,13H2,1-5H3,(H,22,25)(H,23,26)/p+1/t14-,15-,16-,17-/m1/s1. The van der Waals surface area contributed by atoms with Crippen molar-refractivity contribution in [1.29, 1.82) is 0 Å². The van der Waals surface area contributed by atoms with Crippen molar-refractivity contribution in [1.82, 2.24) is 5.32 Å². The van der Waals surface area contributed by atoms with Gasteiger partial charge >= 0.3 is 0 Å². The second-order valence-corrected chi connectivity index (χ2v) is 8.72. The summed E-state index contributed by atoms with van der Waals surface area (Å²) < 4.78 is 0. The molecule has 1 aromatic carbocycles. The van der Waals surface area contributed by atoms with Crippen LogP contribution in [-0.4, -0.2) is 43.7 Å². The van der Waals surface area contributed by atoms with Crippen LogP contribution in [0, 0.1) is 11.8 Å². The minimum Gasteiger partial charge on any atom is -0.348 e. The molecule has 0 heterocycles. The summed E-state index contributed by atoms with van der Waals surface area (Å²) in [5.74, 6) is 1.11. The molecular weight excluding hydrogens is 358 g/mol. The van der Waals surface area contributed by atoms with E-state index in [-0.39, 0.29) is 30.4 Å². The van der Waals surface area contributed by atoms with Crippen LogP contribution >= 0.6 is 11.8 Å². The van der Waals surface area contributed by atoms with Crippen LogP contribution in [0.4, 0.5) is 5.69 Å². The minimum absolute atomic E-state index is 0.0377. The summed E-state index contributed by atoms with van der Waals surface area (Å²) in [6, 6.07) is 7.74. The summed E-state index contributed by atoms with van der Waals surface area (Å²) >= 11 is 1.60. The van der Waals surface area contributed by atoms with Crippen LogP contribution in [0.1, 0.15) is 40.0 Å². The maximum Gasteiger partial charge on any atom is 0.279 e. The van der Waals surface area contributed by atoms with Gasteiger partial charge in [0.15, 0.2) is 12.6 Å². The second kappa shape index (κ2) is 10.1. The number of hydrogen-bond acceptors (Lipinski definition) is 3. The molecule has 0 bridgehead atoms. The number of quaternary nitrogens is 1. The Labute approximate surface area is 167 Å². The Kier molecular flexibility index (Phi) is 8.17. The van der Waals surface area contributed by atoms with Crippen LogP contribution in [0.3, 0.4) is 0 Å². The van der Waals surface area contributed by atoms with Crippen molar-refractivity contribution in [2.45, 2.75) is 57.0 Å². The first-order valence-corrected chi connectivity index (χ1v) is 11.1. The highest BCUT2D eigenvalue weighted by Gasteiger charge is 2.31. The number of carbonyl (C=O) groups excluding carboxylic acids is 2. The molecule has 1 aliphatic rings. The van der Waals surface area contributed by atoms with Gasteiger partial charge in [-0.2, -0.15) is 0 Å². The number of rotatable bonds is 7. The van der Waals surface area contributed by atoms with Gasteiger partial charge in [0.05, 0.1) is 12.7 Å². The molecule has 2 amide bonds. The number of hydrogen-bond donors (Lipinski definition) is 3. The highest BCUT2D eigenvalue weighted by atomic mass is 32.2. The van der Waals surface area contributed by atoms with Gasteiger partial charge in [-0.3, -0.25) is 9.59 Å². The van der Waals surface area contributed by atoms with E-state index >= 15 is 0 Å². The van der Waals surface area contributed by atoms with Crippen LogP contribution < -0.4 is 15.5 Å². The topological polar surface area (TPSA) is 62.6 Å². The van der Waals surface area contributed by atoms with Gasteiger partial charge in [0.25, 0.3) is 11.8 Å². The molecule has 1 fully saturated rings. The molecular formula is C21H34N3O2S+. The van der Waals surface area contributed by atoms with Crippen molar-refractivity contribution >= 4 is 29.3 Å². The molecule has 0 aliphatic heterocycles. The quantitative estimate of drug-likeness (QED) is 0.624. The number of benzene rings is 1. The molecule has 6 heteroatoms. The van der Waals surface area contributed by atoms with Gasteiger partial charge in [-0.25, -0.2) is 0 Å². The summed E-state index contributed by atoms with van der Waals surface area (Å²) in [6.07, 6.45) is 5.45. The fourth-order valence-corrected chi connectivity index (χ4v) is 4.22. The van der Waals surface area contributed by atoms with E-state index in [1.54, 1.807) is 11.8 Å². The Morgan fingerprint density at radius 1 is 1.26 bits per heavy atom. The van der Waals surface area contributed by atoms with E-state index in [0.717, 1.165) is 21.9 Å². The highest BCUT2D eigenvalue weighted by Crippen LogP contribution is 2.29. The molecule has 5 nitrogen and oxygen atoms in total. The maximum absolute atomic E-state index is 12.7. The van der Waals surface area contributed by atoms with E-state index in [2.05, 4.69) is 24.5 Å². The lowest BCUT2D eigenvalue weighted by molar-refractivity contribution is -0.885. The van der Waals surface area contributed by atoms with Crippen LogP contribution in [0.25, 0.3) is 0 Å². The van der Waals surface area contributed by atoms with Gasteiger partial charge in [-0.05, 0) is 43.6 Å². The van der Waals surface area contributed by atoms with Crippen LogP contribution in [-0.2, 0) is 9.59 Å². The molecule has 1 aliphatic carbocycles. The zero-order chi connectivity index (χ0) is 20.0. The largest absolute Gasteiger partial charge is 0.348 e. The fraction of sp³-hybridized carbons (Fsp3) is 0.619. The number of para-hydroxylation sites is 1. The average Bonchev–Trinajstić information content (AvgIpc) is 2.65. The molecule has 5 atom stereocenters. The van der Waals surface area contributed by atoms with Gasteiger partial charge in [-0.15, -0.1) is 11.8 Å². The third kappa shape index (κ3) is 5.98. The average molecular weight is 393 g/mol. The Bertz CT molecular complexity index is 652. The number of thioether (sulfide) groups is 1. The zero-order valence-corrected chi connectivity index (χ0v) is 18.0. The third-order valence-corrected chi connectivity index (χ3v) is 6.78. The minimum atomic E-state index is -0.268. The van der Waals surface area contributed by atoms with E-state index in [0.29, 0.717) is 11.8 Å². The Morgan fingerprint density at radius 2 is 1.96 bits per heavy atom. The lowest BCUT2D eigenvalue weighted by Crippen LogP contribution is -3.15. The molecule has 3 N–H and O–H groups in total. The summed E-state index contributed by atoms with van der Waals surface area (Å²) in [5.41, 5.74) is 0.824. The van der Waals surface area contributed by atoms with Crippen molar-refractivity contribution in [2.24, 2.45) is 11.8 Å². The highest BCUT2D eigenvalue weighted by molar-refractivity contribution is 7.98. The SMILES string of the molecule is CSc1ccccc1NC(=O)C[NH+](C)[C@H](C)C(=O)N[C@@H]1CCC[C@@H](C)[C@H]1C. The van der Waals surface area contributed by atoms with Crippen LogP contribution in [0.15, 0.2) is 29.2 Å². The molecule has 1 saturated carbocycles. The number of carbonyl (C=O) groups is 2. The lowest BCUT2D eigenvalue weighted by Gasteiger charge is -2.35. The molecule has 0 saturated heterocycles. The van der Waals surface area contributed by atoms with E-state index in [1.807, 2.05) is 44.5 Å². The normalized spacial score (nSPS) is 24.7. The molecule has 0 spiro atoms. The summed E-state index contributed by atoms with van der Waals surface area (Å²) in [6.45, 7) is 6.64. The van der Waals surface area contributed by atoms with Crippen molar-refractivity contribution in [3.05, 3.63) is 24.3 Å². The van der Waals surface area contributed by atoms with Gasteiger partial charge in [0, 0.05) is 10.9 Å². The second-order valence-electron chi connectivity index (χ2n) is 7.88. The number of anilines is 1. The molecule has 2 rings (SSSR count). The smallest absolute Gasteiger partial charge is 0.279 e. The first kappa shape index (κ1) is 21.8. The van der Waals surface area contributed by atoms with Gasteiger partial charge in [-0.1, -0.05) is 38.8 Å². The van der Waals surface area contributed by atoms with Gasteiger partial charge in [0.2, 0.25) is 0 Å². The first-order chi connectivity index (χ1) is 12.8. The van der Waals surface area contributed by atoms with E-state index < -0.39 is 0 Å². The summed E-state index contributed by atoms with van der Waals surface area (Å²) in [7, 11) is 1.90. The number of amides is 2. The Balaban J connectivity index is 1.87. The lowest BCUT2D eigenvalue weighted by atomic mass is 9.78. The Hall–Kier alpha value is -1.53. The fourth-order valence-electron chi connectivity index (χ4n) is 3.67. The number of nitrogens with one attached hydrogen (secondary N) is 3. The predicted molar refractivity (Wildman–Crippen MR) is 112 cm³/mol. The third-order valence-electron chi connectivity index (χ3n) is 5.99. The molecule has 27 heavy (non-hydrogen) atoms. The zero-order valence-electron chi connectivity index (χ0n) is 17.2. The van der Waals surface area contributed by atoms with E-state index in [4.69, 9.17) is 0 Å². The van der Waals surface area contributed by atoms with E-state index in [1.165, 1.54) is 12.8 Å². The molecule has 1 unspecified atom stereocenters. The van der Waals surface area contributed by atoms with Crippen LogP contribution in [0.5, 0.6) is 0 Å². The molecule has 1 aromatic rings. The number of likely N-dealkylation sites (N-methyl/N-ethyl adjacent to an activating group) is 1. The van der Waals surface area contributed by atoms with Crippen molar-refractivity contribution in [3.63, 3.8) is 0 Å². The van der Waals surface area contributed by atoms with Crippen molar-refractivity contribution < 1.29 is 14.5 Å². The van der Waals surface area contributed by atoms with Gasteiger partial charge in [0.1, 0.15) is 0 Å². The van der Waals surface area contributed by atoms with Crippen molar-refractivity contribution in [2.75, 3.05) is 25.2 Å². The summed E-state index contributed by atoms with van der Waals surface area (Å²) in [4.78, 5) is 27.0. The Morgan fingerprint density at radius 3 is 2.67 bits per heavy atom. The molecule has 0 aromatic heterocycles. The maximum atomic E-state index is 12.7. The first-order valence-electron chi connectivity index (χ1n) is 9.89. The predicted octanol–water partition coefficient (Wildman–Crippen LogP) is 2.19. The van der Waals surface area contributed by atoms with E-state index in [9.17, 15) is 9.59 Å². The van der Waals surface area contributed by atoms with Crippen LogP contribution in [0.2, 0.25) is 0 Å².